The third-order valence-corrected chi connectivity index (χ3v) is 3.59. The van der Waals surface area contributed by atoms with Crippen LogP contribution >= 0.6 is 24.0 Å². The van der Waals surface area contributed by atoms with E-state index in [1.807, 2.05) is 12.1 Å². The number of halogens is 2. The largest absolute Gasteiger partial charge is 0.496 e. The molecule has 2 rings (SSSR count). The topological polar surface area (TPSA) is 45.0 Å². The third kappa shape index (κ3) is 2.72. The summed E-state index contributed by atoms with van der Waals surface area (Å²) < 4.78 is 5.35. The molecule has 0 unspecified atom stereocenters. The van der Waals surface area contributed by atoms with Crippen LogP contribution in [0.1, 0.15) is 18.4 Å². The molecule has 1 fully saturated rings. The van der Waals surface area contributed by atoms with E-state index in [1.165, 1.54) is 0 Å². The standard InChI is InChI=1S/C13H15ClN2O.ClH/c1-17-12-8-10(14)2-3-11(12)13(9-15)4-6-16-7-5-13;/h2-3,8,16H,4-7H2,1H3;1H. The average molecular weight is 287 g/mol. The first kappa shape index (κ1) is 15.1. The first-order valence-corrected chi connectivity index (χ1v) is 6.06. The molecule has 18 heavy (non-hydrogen) atoms. The van der Waals surface area contributed by atoms with Gasteiger partial charge in [-0.15, -0.1) is 12.4 Å². The predicted molar refractivity (Wildman–Crippen MR) is 74.6 cm³/mol. The van der Waals surface area contributed by atoms with Crippen molar-refractivity contribution < 1.29 is 4.74 Å². The lowest BCUT2D eigenvalue weighted by Gasteiger charge is -2.32. The van der Waals surface area contributed by atoms with E-state index in [1.54, 1.807) is 13.2 Å². The van der Waals surface area contributed by atoms with Gasteiger partial charge in [0.25, 0.3) is 0 Å². The van der Waals surface area contributed by atoms with Crippen LogP contribution in [0, 0.1) is 11.3 Å². The van der Waals surface area contributed by atoms with E-state index in [9.17, 15) is 5.26 Å². The van der Waals surface area contributed by atoms with Crippen molar-refractivity contribution in [2.45, 2.75) is 18.3 Å². The predicted octanol–water partition coefficient (Wildman–Crippen LogP) is 2.92. The summed E-state index contributed by atoms with van der Waals surface area (Å²) in [6.07, 6.45) is 1.61. The lowest BCUT2D eigenvalue weighted by atomic mass is 9.74. The Morgan fingerprint density at radius 3 is 2.61 bits per heavy atom. The maximum absolute atomic E-state index is 9.52. The Morgan fingerprint density at radius 2 is 2.06 bits per heavy atom. The van der Waals surface area contributed by atoms with Crippen LogP contribution in [-0.2, 0) is 5.41 Å². The van der Waals surface area contributed by atoms with Gasteiger partial charge in [0.2, 0.25) is 0 Å². The molecule has 0 spiro atoms. The second-order valence-electron chi connectivity index (χ2n) is 4.29. The number of ether oxygens (including phenoxy) is 1. The number of hydrogen-bond donors (Lipinski definition) is 1. The number of hydrogen-bond acceptors (Lipinski definition) is 3. The van der Waals surface area contributed by atoms with Crippen LogP contribution in [0.4, 0.5) is 0 Å². The van der Waals surface area contributed by atoms with Gasteiger partial charge in [0.15, 0.2) is 0 Å². The first-order valence-electron chi connectivity index (χ1n) is 5.68. The first-order chi connectivity index (χ1) is 8.22. The summed E-state index contributed by atoms with van der Waals surface area (Å²) in [6.45, 7) is 1.72. The van der Waals surface area contributed by atoms with E-state index < -0.39 is 5.41 Å². The van der Waals surface area contributed by atoms with Gasteiger partial charge in [-0.3, -0.25) is 0 Å². The molecule has 0 amide bonds. The van der Waals surface area contributed by atoms with Crippen LogP contribution in [-0.4, -0.2) is 20.2 Å². The maximum Gasteiger partial charge on any atom is 0.125 e. The van der Waals surface area contributed by atoms with Gasteiger partial charge in [0.05, 0.1) is 18.6 Å². The molecular weight excluding hydrogens is 271 g/mol. The number of nitrogens with zero attached hydrogens (tertiary/aromatic N) is 1. The fourth-order valence-electron chi connectivity index (χ4n) is 2.36. The Balaban J connectivity index is 0.00000162. The average Bonchev–Trinajstić information content (AvgIpc) is 2.39. The molecule has 1 aromatic carbocycles. The van der Waals surface area contributed by atoms with Crippen LogP contribution in [0.25, 0.3) is 0 Å². The summed E-state index contributed by atoms with van der Waals surface area (Å²) >= 11 is 5.95. The molecule has 0 aromatic heterocycles. The van der Waals surface area contributed by atoms with Crippen molar-refractivity contribution in [3.63, 3.8) is 0 Å². The van der Waals surface area contributed by atoms with E-state index >= 15 is 0 Å². The number of nitrogens with one attached hydrogen (secondary N) is 1. The lowest BCUT2D eigenvalue weighted by molar-refractivity contribution is 0.353. The van der Waals surface area contributed by atoms with E-state index in [-0.39, 0.29) is 12.4 Å². The molecule has 0 saturated carbocycles. The maximum atomic E-state index is 9.52. The molecule has 1 heterocycles. The van der Waals surface area contributed by atoms with Gasteiger partial charge >= 0.3 is 0 Å². The Labute approximate surface area is 118 Å². The SMILES string of the molecule is COc1cc(Cl)ccc1C1(C#N)CCNCC1.Cl. The molecule has 5 heteroatoms. The third-order valence-electron chi connectivity index (χ3n) is 3.35. The molecule has 0 bridgehead atoms. The molecule has 1 N–H and O–H groups in total. The minimum Gasteiger partial charge on any atom is -0.496 e. The molecule has 1 aliphatic heterocycles. The van der Waals surface area contributed by atoms with Crippen molar-refractivity contribution in [3.8, 4) is 11.8 Å². The number of benzene rings is 1. The fourth-order valence-corrected chi connectivity index (χ4v) is 2.52. The van der Waals surface area contributed by atoms with Crippen LogP contribution in [0.3, 0.4) is 0 Å². The van der Waals surface area contributed by atoms with Crippen molar-refractivity contribution in [2.24, 2.45) is 0 Å². The van der Waals surface area contributed by atoms with E-state index in [0.717, 1.165) is 31.5 Å². The Hall–Kier alpha value is -0.950. The minimum absolute atomic E-state index is 0. The smallest absolute Gasteiger partial charge is 0.125 e. The molecule has 1 aromatic rings. The van der Waals surface area contributed by atoms with Gasteiger partial charge in [-0.2, -0.15) is 5.26 Å². The highest BCUT2D eigenvalue weighted by Crippen LogP contribution is 2.39. The van der Waals surface area contributed by atoms with Gasteiger partial charge in [-0.05, 0) is 38.1 Å². The van der Waals surface area contributed by atoms with E-state index in [0.29, 0.717) is 10.8 Å². The Bertz CT molecular complexity index is 451. The summed E-state index contributed by atoms with van der Waals surface area (Å²) in [6, 6.07) is 7.97. The van der Waals surface area contributed by atoms with Crippen molar-refractivity contribution in [3.05, 3.63) is 28.8 Å². The van der Waals surface area contributed by atoms with Crippen molar-refractivity contribution in [1.29, 1.82) is 5.26 Å². The normalized spacial score (nSPS) is 17.4. The molecule has 0 aliphatic carbocycles. The molecule has 0 radical (unpaired) electrons. The van der Waals surface area contributed by atoms with Gasteiger partial charge in [-0.25, -0.2) is 0 Å². The molecule has 1 saturated heterocycles. The molecule has 1 aliphatic rings. The van der Waals surface area contributed by atoms with Crippen LogP contribution in [0.2, 0.25) is 5.02 Å². The number of piperidine rings is 1. The monoisotopic (exact) mass is 286 g/mol. The summed E-state index contributed by atoms with van der Waals surface area (Å²) in [5.74, 6) is 0.709. The number of methoxy groups -OCH3 is 1. The summed E-state index contributed by atoms with van der Waals surface area (Å²) in [4.78, 5) is 0. The summed E-state index contributed by atoms with van der Waals surface area (Å²) in [5, 5.41) is 13.4. The molecule has 0 atom stereocenters. The van der Waals surface area contributed by atoms with Crippen molar-refractivity contribution >= 4 is 24.0 Å². The van der Waals surface area contributed by atoms with Crippen molar-refractivity contribution in [2.75, 3.05) is 20.2 Å². The zero-order valence-electron chi connectivity index (χ0n) is 10.2. The Kier molecular flexibility index (Phi) is 5.28. The van der Waals surface area contributed by atoms with Crippen molar-refractivity contribution in [1.82, 2.24) is 5.32 Å². The van der Waals surface area contributed by atoms with Gasteiger partial charge in [0, 0.05) is 10.6 Å². The quantitative estimate of drug-likeness (QED) is 0.909. The zero-order valence-corrected chi connectivity index (χ0v) is 11.8. The van der Waals surface area contributed by atoms with Crippen LogP contribution < -0.4 is 10.1 Å². The molecule has 98 valence electrons. The number of rotatable bonds is 2. The number of nitriles is 1. The second-order valence-corrected chi connectivity index (χ2v) is 4.72. The minimum atomic E-state index is -0.443. The second kappa shape index (κ2) is 6.29. The van der Waals surface area contributed by atoms with E-state index in [2.05, 4.69) is 11.4 Å². The van der Waals surface area contributed by atoms with Gasteiger partial charge in [0.1, 0.15) is 5.75 Å². The van der Waals surface area contributed by atoms with Crippen LogP contribution in [0.15, 0.2) is 18.2 Å². The lowest BCUT2D eigenvalue weighted by Crippen LogP contribution is -2.39. The highest BCUT2D eigenvalue weighted by molar-refractivity contribution is 6.30. The molecular formula is C13H16Cl2N2O. The van der Waals surface area contributed by atoms with Crippen LogP contribution in [0.5, 0.6) is 5.75 Å². The van der Waals surface area contributed by atoms with Gasteiger partial charge < -0.3 is 10.1 Å². The highest BCUT2D eigenvalue weighted by Gasteiger charge is 2.36. The van der Waals surface area contributed by atoms with Gasteiger partial charge in [-0.1, -0.05) is 17.7 Å². The Morgan fingerprint density at radius 1 is 1.39 bits per heavy atom. The fraction of sp³-hybridized carbons (Fsp3) is 0.462. The summed E-state index contributed by atoms with van der Waals surface area (Å²) in [7, 11) is 1.61. The zero-order chi connectivity index (χ0) is 12.3. The van der Waals surface area contributed by atoms with E-state index in [4.69, 9.17) is 16.3 Å². The highest BCUT2D eigenvalue weighted by atomic mass is 35.5. The summed E-state index contributed by atoms with van der Waals surface area (Å²) in [5.41, 5.74) is 0.509. The molecule has 3 nitrogen and oxygen atoms in total.